The number of aromatic amines is 1. The van der Waals surface area contributed by atoms with Crippen LogP contribution in [-0.4, -0.2) is 223 Å². The van der Waals surface area contributed by atoms with Gasteiger partial charge in [-0.25, -0.2) is 0 Å². The molecule has 0 bridgehead atoms. The molecule has 0 radical (unpaired) electrons. The fraction of sp³-hybridized carbons (Fsp3) is 0.626. The molecule has 1 aromatic heterocycles. The third-order valence-electron chi connectivity index (χ3n) is 22.8. The number of hydrogen-bond acceptors (Lipinski definition) is 21. The second kappa shape index (κ2) is 58.1. The highest BCUT2D eigenvalue weighted by Crippen LogP contribution is 2.25. The smallest absolute Gasteiger partial charge is 0.246 e. The lowest BCUT2D eigenvalue weighted by molar-refractivity contribution is -0.143. The van der Waals surface area contributed by atoms with E-state index < -0.39 is 173 Å². The van der Waals surface area contributed by atoms with Crippen molar-refractivity contribution in [3.63, 3.8) is 0 Å². The van der Waals surface area contributed by atoms with Crippen LogP contribution in [0.2, 0.25) is 0 Å². The zero-order valence-electron chi connectivity index (χ0n) is 75.6. The van der Waals surface area contributed by atoms with Gasteiger partial charge in [0.1, 0.15) is 78.5 Å². The molecule has 29 N–H and O–H groups in total. The van der Waals surface area contributed by atoms with Gasteiger partial charge in [-0.1, -0.05) is 133 Å². The predicted octanol–water partition coefficient (Wildman–Crippen LogP) is 0.749. The number of nitrogens with one attached hydrogen (secondary N) is 13. The quantitative estimate of drug-likeness (QED) is 0.0271. The molecule has 0 saturated carbocycles. The van der Waals surface area contributed by atoms with E-state index >= 15 is 24.0 Å². The molecule has 706 valence electrons. The van der Waals surface area contributed by atoms with Crippen molar-refractivity contribution in [2.24, 2.45) is 63.6 Å². The molecule has 0 aliphatic carbocycles. The molecule has 1 aliphatic rings. The number of benzene rings is 3. The lowest BCUT2D eigenvalue weighted by Crippen LogP contribution is -2.61. The van der Waals surface area contributed by atoms with E-state index in [1.165, 1.54) is 11.8 Å². The third kappa shape index (κ3) is 37.4. The summed E-state index contributed by atoms with van der Waals surface area (Å²) in [5, 5.41) is 34.6. The molecular formula is C91H148N22O14. The lowest BCUT2D eigenvalue weighted by Gasteiger charge is -2.33. The fourth-order valence-corrected chi connectivity index (χ4v) is 15.3. The van der Waals surface area contributed by atoms with Gasteiger partial charge in [0.15, 0.2) is 0 Å². The lowest BCUT2D eigenvalue weighted by atomic mass is 9.96. The summed E-state index contributed by atoms with van der Waals surface area (Å²) < 4.78 is 0. The van der Waals surface area contributed by atoms with Crippen molar-refractivity contribution in [2.75, 3.05) is 45.8 Å². The fourth-order valence-electron chi connectivity index (χ4n) is 15.3. The minimum absolute atomic E-state index is 0.0199. The van der Waals surface area contributed by atoms with Crippen LogP contribution in [-0.2, 0) is 86.4 Å². The summed E-state index contributed by atoms with van der Waals surface area (Å²) in [5.41, 5.74) is 50.2. The number of carbonyl (C=O) groups excluding carboxylic acids is 14. The third-order valence-corrected chi connectivity index (χ3v) is 22.8. The molecule has 36 heteroatoms. The van der Waals surface area contributed by atoms with Crippen molar-refractivity contribution in [3.05, 3.63) is 108 Å². The maximum Gasteiger partial charge on any atom is 0.246 e. The van der Waals surface area contributed by atoms with Crippen LogP contribution in [0.15, 0.2) is 91.1 Å². The van der Waals surface area contributed by atoms with E-state index in [-0.39, 0.29) is 115 Å². The summed E-state index contributed by atoms with van der Waals surface area (Å²) in [6.45, 7) is 14.2. The van der Waals surface area contributed by atoms with Crippen LogP contribution in [0, 0.1) is 17.8 Å². The molecule has 1 saturated heterocycles. The van der Waals surface area contributed by atoms with E-state index in [1.807, 2.05) is 58.9 Å². The Bertz CT molecular complexity index is 4100. The number of rotatable bonds is 62. The van der Waals surface area contributed by atoms with Gasteiger partial charge in [-0.05, 0) is 222 Å². The number of para-hydroxylation sites is 1. The Morgan fingerprint density at radius 2 is 0.732 bits per heavy atom. The van der Waals surface area contributed by atoms with Crippen LogP contribution in [0.3, 0.4) is 0 Å². The van der Waals surface area contributed by atoms with Crippen LogP contribution < -0.4 is 110 Å². The van der Waals surface area contributed by atoms with Crippen LogP contribution in [0.4, 0.5) is 0 Å². The molecule has 1 aliphatic heterocycles. The first-order valence-corrected chi connectivity index (χ1v) is 45.6. The van der Waals surface area contributed by atoms with Gasteiger partial charge in [0, 0.05) is 42.9 Å². The number of nitrogens with zero attached hydrogens (tertiary/aromatic N) is 1. The monoisotopic (exact) mass is 1770 g/mol. The molecular weight excluding hydrogens is 1630 g/mol. The second-order valence-corrected chi connectivity index (χ2v) is 34.3. The van der Waals surface area contributed by atoms with Gasteiger partial charge >= 0.3 is 0 Å². The van der Waals surface area contributed by atoms with Crippen LogP contribution in [0.25, 0.3) is 10.9 Å². The first-order valence-electron chi connectivity index (χ1n) is 45.6. The largest absolute Gasteiger partial charge is 0.368 e. The number of unbranched alkanes of at least 4 members (excludes halogenated alkanes) is 6. The number of hydrogen-bond donors (Lipinski definition) is 21. The minimum Gasteiger partial charge on any atom is -0.368 e. The van der Waals surface area contributed by atoms with E-state index in [9.17, 15) is 43.2 Å². The summed E-state index contributed by atoms with van der Waals surface area (Å²) in [6.07, 6.45) is 8.97. The van der Waals surface area contributed by atoms with E-state index in [0.29, 0.717) is 121 Å². The standard InChI is InChI=1S/C91H148N22O14/c1-8-58(6)77(91(127)113-49-29-42-76(113)90(126)111-72(50-56(2)3)86(122)101-59(7)79(115)102-66(37-18-24-44-93)81(117)103-68(39-20-26-46-95)83(119)107-71(78(99)114)52-60-30-11-9-12-31-60)112-85(121)70(41-22-28-48-97)104-82(118)67(38-19-25-45-94)105-88(124)74(53-61-32-13-10-14-33-61)110-87(123)73(51-57(4)5)109-84(120)69(40-21-27-47-96)106-89(125)75(108-80(116)64(98)35-17-23-43-92)54-62-55-100-65-36-16-15-34-63(62)65/h9-16,30-34,36,55-59,64,66-77,100H,8,17-29,35,37-54,92-98H2,1-7H3,(H2,99,114)(H,101,122)(H,102,115)(H,103,117)(H,104,118)(H,105,124)(H,106,125)(H,107,119)(H,108,116)(H,109,120)(H,110,123)(H,111,126)(H,112,121)/t58-,59-,64-,66-,67-,68-,69-,70-,71-,72-,73-,74-,75-,76-,77-/m0/s1. The molecule has 36 nitrogen and oxygen atoms in total. The Labute approximate surface area is 748 Å². The average Bonchev–Trinajstić information content (AvgIpc) is 1.74. The Kier molecular flexibility index (Phi) is 48.9. The summed E-state index contributed by atoms with van der Waals surface area (Å²) in [6, 6.07) is 8.06. The molecule has 2 heterocycles. The molecule has 1 fully saturated rings. The van der Waals surface area contributed by atoms with Gasteiger partial charge in [0.2, 0.25) is 82.7 Å². The number of fused-ring (bicyclic) bond motifs is 1. The van der Waals surface area contributed by atoms with E-state index in [1.54, 1.807) is 73.8 Å². The molecule has 0 unspecified atom stereocenters. The van der Waals surface area contributed by atoms with Crippen molar-refractivity contribution < 1.29 is 67.1 Å². The first-order chi connectivity index (χ1) is 60.8. The summed E-state index contributed by atoms with van der Waals surface area (Å²) in [7, 11) is 0. The van der Waals surface area contributed by atoms with E-state index in [4.69, 9.17) is 45.9 Å². The summed E-state index contributed by atoms with van der Waals surface area (Å²) in [5.74, 6) is -10.9. The zero-order valence-corrected chi connectivity index (χ0v) is 75.6. The van der Waals surface area contributed by atoms with Gasteiger partial charge in [-0.3, -0.25) is 67.1 Å². The van der Waals surface area contributed by atoms with E-state index in [2.05, 4.69) is 68.8 Å². The summed E-state index contributed by atoms with van der Waals surface area (Å²) in [4.78, 5) is 207. The number of aromatic nitrogens is 1. The van der Waals surface area contributed by atoms with Crippen molar-refractivity contribution in [2.45, 2.75) is 300 Å². The van der Waals surface area contributed by atoms with Gasteiger partial charge in [-0.2, -0.15) is 0 Å². The Hall–Kier alpha value is -10.5. The average molecular weight is 1770 g/mol. The predicted molar refractivity (Wildman–Crippen MR) is 489 cm³/mol. The number of primary amides is 1. The highest BCUT2D eigenvalue weighted by Gasteiger charge is 2.43. The van der Waals surface area contributed by atoms with Gasteiger partial charge < -0.3 is 120 Å². The van der Waals surface area contributed by atoms with Crippen LogP contribution in [0.5, 0.6) is 0 Å². The molecule has 15 atom stereocenters. The number of likely N-dealkylation sites (tertiary alicyclic amines) is 1. The molecule has 0 spiro atoms. The maximum atomic E-state index is 15.2. The molecule has 5 rings (SSSR count). The first kappa shape index (κ1) is 107. The van der Waals surface area contributed by atoms with Crippen LogP contribution >= 0.6 is 0 Å². The SMILES string of the molecule is CC[C@H](C)[C@H](NC(=O)[C@H](CCCCN)NC(=O)[C@H](CCCCN)NC(=O)[C@H](Cc1ccccc1)NC(=O)[C@H](CC(C)C)NC(=O)[C@H](CCCCN)NC(=O)[C@H](Cc1c[nH]c2ccccc12)NC(=O)[C@@H](N)CCCCN)C(=O)N1CCC[C@H]1C(=O)N[C@@H](CC(C)C)C(=O)N[C@@H](C)C(=O)N[C@@H](CCCCN)C(=O)N[C@@H](CCCCN)C(=O)N[C@@H](Cc1ccccc1)C(N)=O. The normalized spacial score (nSPS) is 15.9. The molecule has 14 amide bonds. The summed E-state index contributed by atoms with van der Waals surface area (Å²) >= 11 is 0. The van der Waals surface area contributed by atoms with Gasteiger partial charge in [-0.15, -0.1) is 0 Å². The highest BCUT2D eigenvalue weighted by molar-refractivity contribution is 6.01. The van der Waals surface area contributed by atoms with Crippen molar-refractivity contribution in [1.29, 1.82) is 0 Å². The zero-order chi connectivity index (χ0) is 93.5. The number of carbonyl (C=O) groups is 14. The Morgan fingerprint density at radius 1 is 0.386 bits per heavy atom. The van der Waals surface area contributed by atoms with E-state index in [0.717, 1.165) is 16.5 Å². The number of nitrogens with two attached hydrogens (primary N) is 8. The highest BCUT2D eigenvalue weighted by atomic mass is 16.2. The molecule has 4 aromatic rings. The molecule has 3 aromatic carbocycles. The molecule has 127 heavy (non-hydrogen) atoms. The van der Waals surface area contributed by atoms with Crippen molar-refractivity contribution in [3.8, 4) is 0 Å². The Morgan fingerprint density at radius 3 is 1.17 bits per heavy atom. The Balaban J connectivity index is 1.35. The van der Waals surface area contributed by atoms with Crippen molar-refractivity contribution >= 4 is 93.6 Å². The number of H-pyrrole nitrogens is 1. The van der Waals surface area contributed by atoms with Gasteiger partial charge in [0.25, 0.3) is 0 Å². The minimum atomic E-state index is -1.39. The van der Waals surface area contributed by atoms with Crippen molar-refractivity contribution in [1.82, 2.24) is 73.7 Å². The maximum absolute atomic E-state index is 15.2. The van der Waals surface area contributed by atoms with Crippen LogP contribution in [0.1, 0.15) is 213 Å². The topological polar surface area (TPSA) is 611 Å². The van der Waals surface area contributed by atoms with Gasteiger partial charge in [0.05, 0.1) is 6.04 Å². The number of amides is 14. The second-order valence-electron chi connectivity index (χ2n) is 34.3.